The van der Waals surface area contributed by atoms with E-state index in [9.17, 15) is 13.2 Å². The molecule has 0 radical (unpaired) electrons. The number of carbonyl (C=O) groups is 1. The summed E-state index contributed by atoms with van der Waals surface area (Å²) in [6.07, 6.45) is 4.37. The van der Waals surface area contributed by atoms with Crippen molar-refractivity contribution in [3.63, 3.8) is 0 Å². The van der Waals surface area contributed by atoms with Crippen molar-refractivity contribution in [1.82, 2.24) is 5.32 Å². The van der Waals surface area contributed by atoms with Gasteiger partial charge in [-0.05, 0) is 36.6 Å². The monoisotopic (exact) mass is 294 g/mol. The maximum atomic E-state index is 11.6. The predicted octanol–water partition coefficient (Wildman–Crippen LogP) is 0.975. The van der Waals surface area contributed by atoms with Gasteiger partial charge in [0.25, 0.3) is 0 Å². The van der Waals surface area contributed by atoms with E-state index in [1.807, 2.05) is 0 Å². The van der Waals surface area contributed by atoms with E-state index >= 15 is 0 Å². The van der Waals surface area contributed by atoms with Gasteiger partial charge in [-0.15, -0.1) is 0 Å². The average Bonchev–Trinajstić information content (AvgIpc) is 2.74. The molecule has 1 amide bonds. The molecule has 1 aromatic carbocycles. The topological polar surface area (TPSA) is 89.3 Å². The van der Waals surface area contributed by atoms with Gasteiger partial charge in [-0.1, -0.05) is 12.1 Å². The molecule has 0 saturated carbocycles. The molecule has 1 unspecified atom stereocenters. The quantitative estimate of drug-likeness (QED) is 0.640. The number of rotatable bonds is 4. The summed E-state index contributed by atoms with van der Waals surface area (Å²) in [6, 6.07) is 7.12. The summed E-state index contributed by atoms with van der Waals surface area (Å²) in [6.45, 7) is 0.188. The molecule has 0 aromatic heterocycles. The van der Waals surface area contributed by atoms with Crippen LogP contribution in [-0.4, -0.2) is 31.9 Å². The van der Waals surface area contributed by atoms with Crippen LogP contribution >= 0.6 is 0 Å². The second kappa shape index (κ2) is 6.09. The lowest BCUT2D eigenvalue weighted by molar-refractivity contribution is -0.116. The second-order valence-corrected chi connectivity index (χ2v) is 7.28. The van der Waals surface area contributed by atoms with E-state index in [2.05, 4.69) is 5.32 Å². The Hall–Kier alpha value is -1.82. The maximum Gasteiger partial charge on any atom is 0.244 e. The zero-order valence-electron chi connectivity index (χ0n) is 11.1. The zero-order valence-corrected chi connectivity index (χ0v) is 11.9. The summed E-state index contributed by atoms with van der Waals surface area (Å²) in [5.41, 5.74) is 7.09. The summed E-state index contributed by atoms with van der Waals surface area (Å²) < 4.78 is 23.2. The van der Waals surface area contributed by atoms with E-state index in [4.69, 9.17) is 5.73 Å². The fraction of sp³-hybridized carbons (Fsp3) is 0.357. The molecular weight excluding hydrogens is 276 g/mol. The minimum Gasteiger partial charge on any atom is -0.399 e. The Morgan fingerprint density at radius 3 is 2.65 bits per heavy atom. The number of amides is 1. The fourth-order valence-electron chi connectivity index (χ4n) is 2.14. The summed E-state index contributed by atoms with van der Waals surface area (Å²) >= 11 is 0. The van der Waals surface area contributed by atoms with Crippen molar-refractivity contribution >= 4 is 27.5 Å². The van der Waals surface area contributed by atoms with Crippen LogP contribution in [0.1, 0.15) is 18.4 Å². The summed E-state index contributed by atoms with van der Waals surface area (Å²) in [5, 5.41) is 2.20. The summed E-state index contributed by atoms with van der Waals surface area (Å²) in [5.74, 6) is -0.0571. The smallest absolute Gasteiger partial charge is 0.244 e. The molecule has 0 aliphatic carbocycles. The molecule has 3 N–H and O–H groups in total. The Bertz CT molecular complexity index is 606. The van der Waals surface area contributed by atoms with Crippen LogP contribution in [0.25, 0.3) is 6.08 Å². The molecular formula is C14H18N2O3S. The number of carbonyl (C=O) groups excluding carboxylic acids is 1. The number of sulfone groups is 1. The standard InChI is InChI=1S/C14H18N2O3S/c15-12-6-3-11(4-7-12)5-8-14(17)16-10-13-2-1-9-20(13,18)19/h3-8,13H,1-2,9-10,15H2,(H,16,17)/b8-5+. The van der Waals surface area contributed by atoms with Crippen LogP contribution in [0.15, 0.2) is 30.3 Å². The summed E-state index contributed by atoms with van der Waals surface area (Å²) in [7, 11) is -3.01. The van der Waals surface area contributed by atoms with Crippen LogP contribution in [0, 0.1) is 0 Å². The minimum atomic E-state index is -3.01. The van der Waals surface area contributed by atoms with Crippen LogP contribution in [0.5, 0.6) is 0 Å². The highest BCUT2D eigenvalue weighted by atomic mass is 32.2. The number of nitrogen functional groups attached to an aromatic ring is 1. The van der Waals surface area contributed by atoms with Gasteiger partial charge in [-0.25, -0.2) is 8.42 Å². The molecule has 1 atom stereocenters. The van der Waals surface area contributed by atoms with Crippen LogP contribution < -0.4 is 11.1 Å². The van der Waals surface area contributed by atoms with Gasteiger partial charge in [0, 0.05) is 18.3 Å². The van der Waals surface area contributed by atoms with Crippen LogP contribution in [0.2, 0.25) is 0 Å². The van der Waals surface area contributed by atoms with Crippen LogP contribution in [0.3, 0.4) is 0 Å². The van der Waals surface area contributed by atoms with E-state index in [1.54, 1.807) is 30.3 Å². The average molecular weight is 294 g/mol. The van der Waals surface area contributed by atoms with Crippen molar-refractivity contribution in [2.24, 2.45) is 0 Å². The van der Waals surface area contributed by atoms with Crippen molar-refractivity contribution < 1.29 is 13.2 Å². The van der Waals surface area contributed by atoms with Crippen molar-refractivity contribution in [3.05, 3.63) is 35.9 Å². The molecule has 20 heavy (non-hydrogen) atoms. The minimum absolute atomic E-state index is 0.188. The van der Waals surface area contributed by atoms with Crippen molar-refractivity contribution in [2.45, 2.75) is 18.1 Å². The number of anilines is 1. The lowest BCUT2D eigenvalue weighted by Gasteiger charge is -2.09. The highest BCUT2D eigenvalue weighted by Gasteiger charge is 2.30. The lowest BCUT2D eigenvalue weighted by atomic mass is 10.2. The maximum absolute atomic E-state index is 11.6. The molecule has 2 rings (SSSR count). The number of hydrogen-bond donors (Lipinski definition) is 2. The van der Waals surface area contributed by atoms with Gasteiger partial charge in [-0.2, -0.15) is 0 Å². The van der Waals surface area contributed by atoms with E-state index in [-0.39, 0.29) is 18.2 Å². The van der Waals surface area contributed by atoms with Gasteiger partial charge >= 0.3 is 0 Å². The van der Waals surface area contributed by atoms with E-state index < -0.39 is 15.1 Å². The third kappa shape index (κ3) is 3.84. The fourth-order valence-corrected chi connectivity index (χ4v) is 3.91. The second-order valence-electron chi connectivity index (χ2n) is 4.88. The molecule has 1 aliphatic heterocycles. The highest BCUT2D eigenvalue weighted by molar-refractivity contribution is 7.92. The van der Waals surface area contributed by atoms with E-state index in [1.165, 1.54) is 6.08 Å². The summed E-state index contributed by atoms with van der Waals surface area (Å²) in [4.78, 5) is 11.6. The van der Waals surface area contributed by atoms with Gasteiger partial charge in [-0.3, -0.25) is 4.79 Å². The first kappa shape index (κ1) is 14.6. The Morgan fingerprint density at radius 1 is 1.35 bits per heavy atom. The molecule has 1 aromatic rings. The normalized spacial score (nSPS) is 21.1. The largest absolute Gasteiger partial charge is 0.399 e. The van der Waals surface area contributed by atoms with Gasteiger partial charge in [0.05, 0.1) is 11.0 Å². The van der Waals surface area contributed by atoms with Crippen LogP contribution in [-0.2, 0) is 14.6 Å². The molecule has 6 heteroatoms. The number of benzene rings is 1. The molecule has 0 bridgehead atoms. The first-order chi connectivity index (χ1) is 9.47. The third-order valence-corrected chi connectivity index (χ3v) is 5.61. The van der Waals surface area contributed by atoms with Crippen molar-refractivity contribution in [2.75, 3.05) is 18.0 Å². The van der Waals surface area contributed by atoms with E-state index in [0.29, 0.717) is 18.5 Å². The lowest BCUT2D eigenvalue weighted by Crippen LogP contribution is -2.33. The van der Waals surface area contributed by atoms with Gasteiger partial charge in [0.2, 0.25) is 5.91 Å². The molecule has 1 saturated heterocycles. The molecule has 0 spiro atoms. The predicted molar refractivity (Wildman–Crippen MR) is 79.7 cm³/mol. The Morgan fingerprint density at radius 2 is 2.05 bits per heavy atom. The molecule has 1 aliphatic rings. The first-order valence-electron chi connectivity index (χ1n) is 6.50. The Balaban J connectivity index is 1.85. The molecule has 5 nitrogen and oxygen atoms in total. The molecule has 1 fully saturated rings. The van der Waals surface area contributed by atoms with Crippen LogP contribution in [0.4, 0.5) is 5.69 Å². The van der Waals surface area contributed by atoms with Crippen molar-refractivity contribution in [3.8, 4) is 0 Å². The zero-order chi connectivity index (χ0) is 14.6. The number of nitrogens with one attached hydrogen (secondary N) is 1. The van der Waals surface area contributed by atoms with Gasteiger partial charge < -0.3 is 11.1 Å². The first-order valence-corrected chi connectivity index (χ1v) is 8.22. The SMILES string of the molecule is Nc1ccc(/C=C/C(=O)NCC2CCCS2(=O)=O)cc1. The molecule has 1 heterocycles. The highest BCUT2D eigenvalue weighted by Crippen LogP contribution is 2.18. The van der Waals surface area contributed by atoms with E-state index in [0.717, 1.165) is 5.56 Å². The van der Waals surface area contributed by atoms with Crippen molar-refractivity contribution in [1.29, 1.82) is 0 Å². The Labute approximate surface area is 118 Å². The third-order valence-electron chi connectivity index (χ3n) is 3.33. The Kier molecular flexibility index (Phi) is 4.44. The van der Waals surface area contributed by atoms with Gasteiger partial charge in [0.1, 0.15) is 0 Å². The van der Waals surface area contributed by atoms with Gasteiger partial charge in [0.15, 0.2) is 9.84 Å². The number of hydrogen-bond acceptors (Lipinski definition) is 4. The molecule has 108 valence electrons. The number of nitrogens with two attached hydrogens (primary N) is 1.